The standard InChI is InChI=1S/C17H17F3N4O2S/c1-4-27(25,26)15-7-12(17(18,19)20)5-6-13(15)16-21-9-14(24(16)3)11-8-22-23(2)10-11/h5-10H,4H2,1-3H3. The summed E-state index contributed by atoms with van der Waals surface area (Å²) in [5.41, 5.74) is 0.533. The van der Waals surface area contributed by atoms with E-state index < -0.39 is 21.6 Å². The van der Waals surface area contributed by atoms with Crippen LogP contribution >= 0.6 is 0 Å². The van der Waals surface area contributed by atoms with E-state index in [4.69, 9.17) is 0 Å². The largest absolute Gasteiger partial charge is 0.416 e. The number of alkyl halides is 3. The van der Waals surface area contributed by atoms with Crippen LogP contribution < -0.4 is 0 Å². The van der Waals surface area contributed by atoms with Gasteiger partial charge >= 0.3 is 6.18 Å². The van der Waals surface area contributed by atoms with Gasteiger partial charge in [-0.1, -0.05) is 6.92 Å². The summed E-state index contributed by atoms with van der Waals surface area (Å²) in [6.45, 7) is 1.39. The van der Waals surface area contributed by atoms with Gasteiger partial charge in [-0.05, 0) is 18.2 Å². The molecular formula is C17H17F3N4O2S. The van der Waals surface area contributed by atoms with Crippen molar-refractivity contribution < 1.29 is 21.6 Å². The lowest BCUT2D eigenvalue weighted by molar-refractivity contribution is -0.137. The lowest BCUT2D eigenvalue weighted by atomic mass is 10.1. The highest BCUT2D eigenvalue weighted by Crippen LogP contribution is 2.36. The van der Waals surface area contributed by atoms with Crippen LogP contribution in [0.1, 0.15) is 12.5 Å². The van der Waals surface area contributed by atoms with Crippen LogP contribution in [-0.4, -0.2) is 33.5 Å². The minimum Gasteiger partial charge on any atom is -0.327 e. The van der Waals surface area contributed by atoms with Crippen LogP contribution in [0, 0.1) is 0 Å². The smallest absolute Gasteiger partial charge is 0.327 e. The maximum Gasteiger partial charge on any atom is 0.416 e. The molecule has 0 saturated heterocycles. The Bertz CT molecular complexity index is 1100. The molecule has 0 atom stereocenters. The highest BCUT2D eigenvalue weighted by atomic mass is 32.2. The molecule has 0 spiro atoms. The van der Waals surface area contributed by atoms with Gasteiger partial charge in [0.15, 0.2) is 9.84 Å². The number of halogens is 3. The second-order valence-corrected chi connectivity index (χ2v) is 8.29. The summed E-state index contributed by atoms with van der Waals surface area (Å²) < 4.78 is 67.4. The van der Waals surface area contributed by atoms with Gasteiger partial charge in [-0.2, -0.15) is 18.3 Å². The number of hydrogen-bond donors (Lipinski definition) is 0. The average Bonchev–Trinajstić information content (AvgIpc) is 3.19. The van der Waals surface area contributed by atoms with Crippen LogP contribution in [0.3, 0.4) is 0 Å². The second kappa shape index (κ2) is 6.52. The van der Waals surface area contributed by atoms with E-state index in [-0.39, 0.29) is 22.0 Å². The van der Waals surface area contributed by atoms with Crippen molar-refractivity contribution in [3.8, 4) is 22.6 Å². The zero-order valence-electron chi connectivity index (χ0n) is 14.8. The summed E-state index contributed by atoms with van der Waals surface area (Å²) in [6.07, 6.45) is 0.278. The van der Waals surface area contributed by atoms with Crippen LogP contribution in [0.5, 0.6) is 0 Å². The molecule has 3 aromatic rings. The normalized spacial score (nSPS) is 12.5. The van der Waals surface area contributed by atoms with Crippen LogP contribution in [0.25, 0.3) is 22.6 Å². The van der Waals surface area contributed by atoms with Crippen LogP contribution in [0.4, 0.5) is 13.2 Å². The molecule has 0 N–H and O–H groups in total. The second-order valence-electron chi connectivity index (χ2n) is 6.04. The first-order valence-electron chi connectivity index (χ1n) is 7.99. The van der Waals surface area contributed by atoms with Crippen molar-refractivity contribution in [2.45, 2.75) is 18.0 Å². The topological polar surface area (TPSA) is 69.8 Å². The molecule has 144 valence electrons. The molecule has 0 fully saturated rings. The summed E-state index contributed by atoms with van der Waals surface area (Å²) >= 11 is 0. The SMILES string of the molecule is CCS(=O)(=O)c1cc(C(F)(F)F)ccc1-c1ncc(-c2cnn(C)c2)n1C. The van der Waals surface area contributed by atoms with E-state index >= 15 is 0 Å². The van der Waals surface area contributed by atoms with Crippen molar-refractivity contribution in [2.75, 3.05) is 5.75 Å². The molecule has 0 aliphatic heterocycles. The Labute approximate surface area is 154 Å². The van der Waals surface area contributed by atoms with E-state index in [1.165, 1.54) is 13.1 Å². The van der Waals surface area contributed by atoms with Crippen molar-refractivity contribution in [1.29, 1.82) is 0 Å². The molecule has 0 unspecified atom stereocenters. The Hall–Kier alpha value is -2.62. The molecule has 2 heterocycles. The number of imidazole rings is 1. The number of sulfone groups is 1. The first-order valence-corrected chi connectivity index (χ1v) is 9.65. The molecule has 0 bridgehead atoms. The van der Waals surface area contributed by atoms with Gasteiger partial charge in [0, 0.05) is 31.4 Å². The third-order valence-electron chi connectivity index (χ3n) is 4.25. The zero-order chi connectivity index (χ0) is 20.0. The molecule has 10 heteroatoms. The third kappa shape index (κ3) is 3.48. The summed E-state index contributed by atoms with van der Waals surface area (Å²) in [5, 5.41) is 4.08. The van der Waals surface area contributed by atoms with E-state index in [1.807, 2.05) is 0 Å². The average molecular weight is 398 g/mol. The monoisotopic (exact) mass is 398 g/mol. The summed E-state index contributed by atoms with van der Waals surface area (Å²) in [7, 11) is -0.474. The molecule has 6 nitrogen and oxygen atoms in total. The van der Waals surface area contributed by atoms with Gasteiger partial charge in [-0.15, -0.1) is 0 Å². The fourth-order valence-corrected chi connectivity index (χ4v) is 3.89. The Kier molecular flexibility index (Phi) is 4.62. The van der Waals surface area contributed by atoms with E-state index in [9.17, 15) is 21.6 Å². The van der Waals surface area contributed by atoms with Crippen molar-refractivity contribution >= 4 is 9.84 Å². The third-order valence-corrected chi connectivity index (χ3v) is 6.02. The first-order chi connectivity index (χ1) is 12.5. The molecule has 0 aliphatic rings. The van der Waals surface area contributed by atoms with E-state index in [2.05, 4.69) is 10.1 Å². The van der Waals surface area contributed by atoms with Gasteiger partial charge in [-0.25, -0.2) is 13.4 Å². The maximum atomic E-state index is 13.1. The maximum absolute atomic E-state index is 13.1. The molecule has 1 aromatic carbocycles. The van der Waals surface area contributed by atoms with Crippen molar-refractivity contribution in [3.05, 3.63) is 42.4 Å². The lowest BCUT2D eigenvalue weighted by Gasteiger charge is -2.14. The van der Waals surface area contributed by atoms with Crippen molar-refractivity contribution in [2.24, 2.45) is 14.1 Å². The van der Waals surface area contributed by atoms with Crippen LogP contribution in [-0.2, 0) is 30.1 Å². The molecule has 3 rings (SSSR count). The quantitative estimate of drug-likeness (QED) is 0.676. The fraction of sp³-hybridized carbons (Fsp3) is 0.294. The Morgan fingerprint density at radius 1 is 1.15 bits per heavy atom. The minimum absolute atomic E-state index is 0.127. The number of hydrogen-bond acceptors (Lipinski definition) is 4. The Balaban J connectivity index is 2.22. The Morgan fingerprint density at radius 3 is 2.41 bits per heavy atom. The van der Waals surface area contributed by atoms with E-state index in [1.54, 1.807) is 35.7 Å². The molecule has 0 amide bonds. The van der Waals surface area contributed by atoms with E-state index in [0.717, 1.165) is 17.7 Å². The zero-order valence-corrected chi connectivity index (χ0v) is 15.6. The van der Waals surface area contributed by atoms with E-state index in [0.29, 0.717) is 11.8 Å². The molecule has 0 aliphatic carbocycles. The highest BCUT2D eigenvalue weighted by molar-refractivity contribution is 7.91. The predicted molar refractivity (Wildman–Crippen MR) is 93.6 cm³/mol. The van der Waals surface area contributed by atoms with Crippen LogP contribution in [0.15, 0.2) is 41.7 Å². The van der Waals surface area contributed by atoms with Gasteiger partial charge in [0.05, 0.1) is 34.3 Å². The molecule has 0 radical (unpaired) electrons. The number of aryl methyl sites for hydroxylation is 1. The number of aromatic nitrogens is 4. The number of rotatable bonds is 4. The van der Waals surface area contributed by atoms with Crippen LogP contribution in [0.2, 0.25) is 0 Å². The number of benzene rings is 1. The fourth-order valence-electron chi connectivity index (χ4n) is 2.78. The summed E-state index contributed by atoms with van der Waals surface area (Å²) in [5.74, 6) is -0.0594. The molecule has 0 saturated carbocycles. The Morgan fingerprint density at radius 2 is 1.85 bits per heavy atom. The minimum atomic E-state index is -4.64. The lowest BCUT2D eigenvalue weighted by Crippen LogP contribution is -2.11. The van der Waals surface area contributed by atoms with Gasteiger partial charge < -0.3 is 4.57 Å². The molecule has 27 heavy (non-hydrogen) atoms. The van der Waals surface area contributed by atoms with Crippen molar-refractivity contribution in [3.63, 3.8) is 0 Å². The molecule has 2 aromatic heterocycles. The number of nitrogens with zero attached hydrogens (tertiary/aromatic N) is 4. The predicted octanol–water partition coefficient (Wildman–Crippen LogP) is 3.30. The molecular weight excluding hydrogens is 381 g/mol. The summed E-state index contributed by atoms with van der Waals surface area (Å²) in [6, 6.07) is 2.69. The first kappa shape index (κ1) is 19.2. The summed E-state index contributed by atoms with van der Waals surface area (Å²) in [4.78, 5) is 3.87. The van der Waals surface area contributed by atoms with Gasteiger partial charge in [0.2, 0.25) is 0 Å². The highest BCUT2D eigenvalue weighted by Gasteiger charge is 2.33. The van der Waals surface area contributed by atoms with Gasteiger partial charge in [0.1, 0.15) is 5.82 Å². The van der Waals surface area contributed by atoms with Gasteiger partial charge in [0.25, 0.3) is 0 Å². The van der Waals surface area contributed by atoms with Crippen molar-refractivity contribution in [1.82, 2.24) is 19.3 Å². The van der Waals surface area contributed by atoms with Gasteiger partial charge in [-0.3, -0.25) is 4.68 Å².